The third-order valence-corrected chi connectivity index (χ3v) is 6.11. The van der Waals surface area contributed by atoms with Crippen molar-refractivity contribution in [2.24, 2.45) is 0 Å². The molecule has 11 heteroatoms. The Morgan fingerprint density at radius 1 is 1.23 bits per heavy atom. The monoisotopic (exact) mass is 508 g/mol. The van der Waals surface area contributed by atoms with Crippen LogP contribution < -0.4 is 0 Å². The van der Waals surface area contributed by atoms with Gasteiger partial charge in [-0.3, -0.25) is 15.0 Å². The van der Waals surface area contributed by atoms with Crippen molar-refractivity contribution in [2.45, 2.75) is 59.4 Å². The van der Waals surface area contributed by atoms with Gasteiger partial charge in [-0.1, -0.05) is 12.1 Å². The van der Waals surface area contributed by atoms with Gasteiger partial charge in [-0.25, -0.2) is 4.79 Å². The average molecular weight is 509 g/mol. The number of ether oxygens (including phenoxy) is 2. The molecule has 1 aromatic carbocycles. The van der Waals surface area contributed by atoms with Crippen molar-refractivity contribution in [3.63, 3.8) is 0 Å². The molecule has 1 aliphatic heterocycles. The Morgan fingerprint density at radius 3 is 2.40 bits per heavy atom. The van der Waals surface area contributed by atoms with Crippen LogP contribution in [0.15, 0.2) is 35.5 Å². The Morgan fingerprint density at radius 2 is 1.89 bits per heavy atom. The number of non-ortho nitro benzene ring substituents is 1. The quantitative estimate of drug-likeness (QED) is 0.168. The van der Waals surface area contributed by atoms with E-state index in [1.807, 2.05) is 32.8 Å². The van der Waals surface area contributed by atoms with Crippen molar-refractivity contribution in [1.82, 2.24) is 4.90 Å². The lowest BCUT2D eigenvalue weighted by Gasteiger charge is -2.39. The molecule has 1 heterocycles. The lowest BCUT2D eigenvalue weighted by molar-refractivity contribution is -0.762. The highest BCUT2D eigenvalue weighted by Crippen LogP contribution is 2.44. The summed E-state index contributed by atoms with van der Waals surface area (Å²) in [6, 6.07) is 5.90. The maximum absolute atomic E-state index is 13.7. The van der Waals surface area contributed by atoms with Crippen LogP contribution >= 0.6 is 8.43 Å². The number of nitrogens with zero attached hydrogens (tertiary/aromatic N) is 3. The molecule has 0 saturated carbocycles. The van der Waals surface area contributed by atoms with Crippen LogP contribution in [-0.2, 0) is 24.7 Å². The lowest BCUT2D eigenvalue weighted by Crippen LogP contribution is -2.53. The number of hydroxylamine groups is 1. The van der Waals surface area contributed by atoms with E-state index in [1.54, 1.807) is 33.8 Å². The van der Waals surface area contributed by atoms with Crippen molar-refractivity contribution in [3.05, 3.63) is 51.2 Å². The SMILES string of the molecule is CC1=C(C(=O)OCCN(C)C)C(OC(C)C)(c2cccc([N+](=O)[O-])c2)C(=PO)C(C)=[N+]1OC(C)C. The molecule has 0 fully saturated rings. The van der Waals surface area contributed by atoms with Crippen LogP contribution in [0, 0.1) is 10.1 Å². The number of likely N-dealkylation sites (N-methyl/N-ethyl adjacent to an activating group) is 1. The second kappa shape index (κ2) is 11.9. The molecular formula is C24H35N3O7P+. The summed E-state index contributed by atoms with van der Waals surface area (Å²) in [5, 5.41) is 11.9. The molecule has 35 heavy (non-hydrogen) atoms. The second-order valence-corrected chi connectivity index (χ2v) is 9.68. The van der Waals surface area contributed by atoms with E-state index in [1.165, 1.54) is 22.9 Å². The number of hydrogen-bond acceptors (Lipinski definition) is 8. The van der Waals surface area contributed by atoms with Crippen molar-refractivity contribution in [2.75, 3.05) is 27.2 Å². The summed E-state index contributed by atoms with van der Waals surface area (Å²) in [5.74, 6) is -0.664. The fraction of sp³-hybridized carbons (Fsp3) is 0.542. The molecular weight excluding hydrogens is 473 g/mol. The van der Waals surface area contributed by atoms with E-state index in [-0.39, 0.29) is 32.4 Å². The first kappa shape index (κ1) is 28.6. The van der Waals surface area contributed by atoms with E-state index in [9.17, 15) is 19.8 Å². The van der Waals surface area contributed by atoms with E-state index >= 15 is 0 Å². The zero-order chi connectivity index (χ0) is 26.5. The lowest BCUT2D eigenvalue weighted by atomic mass is 9.78. The molecule has 192 valence electrons. The topological polar surface area (TPSA) is 114 Å². The Hall–Kier alpha value is -2.65. The molecule has 1 aromatic rings. The van der Waals surface area contributed by atoms with Crippen LogP contribution in [-0.4, -0.2) is 75.9 Å². The maximum atomic E-state index is 13.7. The maximum Gasteiger partial charge on any atom is 0.344 e. The highest BCUT2D eigenvalue weighted by molar-refractivity contribution is 7.38. The molecule has 0 aromatic heterocycles. The fourth-order valence-electron chi connectivity index (χ4n) is 3.93. The molecule has 1 atom stereocenters. The van der Waals surface area contributed by atoms with Gasteiger partial charge < -0.3 is 19.3 Å². The molecule has 10 nitrogen and oxygen atoms in total. The molecule has 2 rings (SSSR count). The first-order valence-corrected chi connectivity index (χ1v) is 12.2. The van der Waals surface area contributed by atoms with E-state index in [2.05, 4.69) is 0 Å². The standard InChI is InChI=1S/C24H34N3O7P/c1-15(2)33-24(19-10-9-11-20(14-19)27(29)30)21(23(28)32-13-12-25(7)8)17(5)26(34-16(3)4)18(6)22(24)35-31/h9-11,14-16H,12-13H2,1-8H3/p+1. The van der Waals surface area contributed by atoms with Crippen LogP contribution in [0.2, 0.25) is 0 Å². The van der Waals surface area contributed by atoms with Crippen LogP contribution in [0.25, 0.3) is 0 Å². The Labute approximate surface area is 207 Å². The molecule has 1 N–H and O–H groups in total. The molecule has 0 amide bonds. The van der Waals surface area contributed by atoms with Crippen LogP contribution in [0.3, 0.4) is 0 Å². The van der Waals surface area contributed by atoms with Crippen LogP contribution in [0.1, 0.15) is 47.1 Å². The number of carbonyl (C=O) groups is 1. The third kappa shape index (κ3) is 6.13. The smallest absolute Gasteiger partial charge is 0.344 e. The van der Waals surface area contributed by atoms with E-state index in [0.717, 1.165) is 0 Å². The number of allylic oxidation sites excluding steroid dienone is 1. The number of carbonyl (C=O) groups excluding carboxylic acids is 1. The number of benzene rings is 1. The summed E-state index contributed by atoms with van der Waals surface area (Å²) in [7, 11) is 3.54. The normalized spacial score (nSPS) is 19.8. The zero-order valence-corrected chi connectivity index (χ0v) is 22.5. The van der Waals surface area contributed by atoms with Gasteiger partial charge in [0.05, 0.1) is 19.5 Å². The predicted molar refractivity (Wildman–Crippen MR) is 135 cm³/mol. The Balaban J connectivity index is 2.92. The Bertz CT molecular complexity index is 1060. The molecule has 0 bridgehead atoms. The summed E-state index contributed by atoms with van der Waals surface area (Å²) in [4.78, 5) is 43.2. The third-order valence-electron chi connectivity index (χ3n) is 5.27. The largest absolute Gasteiger partial charge is 0.461 e. The number of rotatable bonds is 10. The van der Waals surface area contributed by atoms with Gasteiger partial charge in [0, 0.05) is 42.8 Å². The average Bonchev–Trinajstić information content (AvgIpc) is 2.76. The Kier molecular flexibility index (Phi) is 9.68. The van der Waals surface area contributed by atoms with Gasteiger partial charge in [0.15, 0.2) is 11.7 Å². The summed E-state index contributed by atoms with van der Waals surface area (Å²) in [6.07, 6.45) is -0.660. The van der Waals surface area contributed by atoms with Gasteiger partial charge in [0.25, 0.3) is 5.69 Å². The minimum Gasteiger partial charge on any atom is -0.461 e. The van der Waals surface area contributed by atoms with E-state index in [0.29, 0.717) is 28.8 Å². The number of esters is 1. The fourth-order valence-corrected chi connectivity index (χ4v) is 4.60. The van der Waals surface area contributed by atoms with Crippen LogP contribution in [0.5, 0.6) is 0 Å². The molecule has 1 unspecified atom stereocenters. The van der Waals surface area contributed by atoms with Gasteiger partial charge in [-0.05, 0) is 41.8 Å². The van der Waals surface area contributed by atoms with Crippen LogP contribution in [0.4, 0.5) is 5.69 Å². The van der Waals surface area contributed by atoms with Crippen molar-refractivity contribution < 1.29 is 33.7 Å². The minimum atomic E-state index is -1.64. The van der Waals surface area contributed by atoms with Crippen molar-refractivity contribution >= 4 is 31.1 Å². The number of nitro benzene ring substituents is 1. The highest BCUT2D eigenvalue weighted by atomic mass is 31.1. The van der Waals surface area contributed by atoms with Crippen molar-refractivity contribution in [3.8, 4) is 0 Å². The van der Waals surface area contributed by atoms with E-state index in [4.69, 9.17) is 14.3 Å². The first-order chi connectivity index (χ1) is 16.4. The summed E-state index contributed by atoms with van der Waals surface area (Å²) in [6.45, 7) is 11.3. The molecule has 0 saturated heterocycles. The molecule has 0 radical (unpaired) electrons. The van der Waals surface area contributed by atoms with Gasteiger partial charge >= 0.3 is 5.97 Å². The highest BCUT2D eigenvalue weighted by Gasteiger charge is 2.57. The molecule has 1 aliphatic rings. The number of hydrogen-bond donors (Lipinski definition) is 1. The molecule has 0 aliphatic carbocycles. The zero-order valence-electron chi connectivity index (χ0n) is 21.6. The summed E-state index contributed by atoms with van der Waals surface area (Å²) in [5.41, 5.74) is -0.466. The summed E-state index contributed by atoms with van der Waals surface area (Å²) < 4.78 is 13.6. The number of nitro groups is 1. The predicted octanol–water partition coefficient (Wildman–Crippen LogP) is 3.45. The van der Waals surface area contributed by atoms with Gasteiger partial charge in [0.2, 0.25) is 11.4 Å². The molecule has 0 spiro atoms. The van der Waals surface area contributed by atoms with Gasteiger partial charge in [-0.15, -0.1) is 0 Å². The van der Waals surface area contributed by atoms with Crippen molar-refractivity contribution in [1.29, 1.82) is 0 Å². The van der Waals surface area contributed by atoms with E-state index < -0.39 is 22.6 Å². The first-order valence-electron chi connectivity index (χ1n) is 11.4. The van der Waals surface area contributed by atoms with Gasteiger partial charge in [-0.2, -0.15) is 0 Å². The minimum absolute atomic E-state index is 0.0910. The second-order valence-electron chi connectivity index (χ2n) is 9.04. The summed E-state index contributed by atoms with van der Waals surface area (Å²) >= 11 is 0. The van der Waals surface area contributed by atoms with Gasteiger partial charge in [0.1, 0.15) is 17.5 Å².